The molecule has 110 valence electrons. The van der Waals surface area contributed by atoms with Crippen LogP contribution in [0.5, 0.6) is 0 Å². The summed E-state index contributed by atoms with van der Waals surface area (Å²) < 4.78 is 0. The van der Waals surface area contributed by atoms with E-state index in [1.807, 2.05) is 11.8 Å². The van der Waals surface area contributed by atoms with E-state index in [4.69, 9.17) is 0 Å². The highest BCUT2D eigenvalue weighted by molar-refractivity contribution is 7.13. The summed E-state index contributed by atoms with van der Waals surface area (Å²) in [5.74, 6) is 0.0993. The highest BCUT2D eigenvalue weighted by Crippen LogP contribution is 2.25. The van der Waals surface area contributed by atoms with E-state index in [0.717, 1.165) is 55.3 Å². The summed E-state index contributed by atoms with van der Waals surface area (Å²) in [6, 6.07) is 0.304. The van der Waals surface area contributed by atoms with Crippen molar-refractivity contribution in [1.29, 1.82) is 0 Å². The van der Waals surface area contributed by atoms with Gasteiger partial charge in [-0.3, -0.25) is 9.69 Å². The molecular weight excluding hydrogens is 274 g/mol. The van der Waals surface area contributed by atoms with E-state index in [2.05, 4.69) is 9.88 Å². The van der Waals surface area contributed by atoms with E-state index in [9.17, 15) is 9.90 Å². The van der Waals surface area contributed by atoms with E-state index in [-0.39, 0.29) is 12.0 Å². The number of amides is 1. The Bertz CT molecular complexity index is 483. The van der Waals surface area contributed by atoms with E-state index in [1.165, 1.54) is 11.3 Å². The van der Waals surface area contributed by atoms with Crippen LogP contribution in [0.25, 0.3) is 0 Å². The first-order valence-corrected chi connectivity index (χ1v) is 8.10. The summed E-state index contributed by atoms with van der Waals surface area (Å²) >= 11 is 1.46. The Balaban J connectivity index is 1.57. The van der Waals surface area contributed by atoms with Crippen LogP contribution in [0.15, 0.2) is 6.20 Å². The van der Waals surface area contributed by atoms with Crippen molar-refractivity contribution in [3.8, 4) is 0 Å². The van der Waals surface area contributed by atoms with E-state index in [1.54, 1.807) is 6.20 Å². The van der Waals surface area contributed by atoms with Gasteiger partial charge in [0.2, 0.25) is 0 Å². The molecule has 1 saturated carbocycles. The number of carbonyl (C=O) groups excluding carboxylic acids is 1. The topological polar surface area (TPSA) is 56.7 Å². The van der Waals surface area contributed by atoms with E-state index in [0.29, 0.717) is 6.04 Å². The van der Waals surface area contributed by atoms with Crippen LogP contribution in [0, 0.1) is 6.92 Å². The van der Waals surface area contributed by atoms with Crippen LogP contribution in [-0.4, -0.2) is 64.1 Å². The van der Waals surface area contributed by atoms with Gasteiger partial charge in [0.25, 0.3) is 5.91 Å². The number of rotatable bonds is 2. The molecule has 1 amide bonds. The Morgan fingerprint density at radius 3 is 2.65 bits per heavy atom. The maximum Gasteiger partial charge on any atom is 0.265 e. The molecule has 2 heterocycles. The molecule has 1 aliphatic heterocycles. The maximum absolute atomic E-state index is 12.3. The van der Waals surface area contributed by atoms with Crippen molar-refractivity contribution in [2.24, 2.45) is 0 Å². The molecule has 2 atom stereocenters. The molecule has 1 aliphatic carbocycles. The monoisotopic (exact) mass is 295 g/mol. The Morgan fingerprint density at radius 1 is 1.35 bits per heavy atom. The molecule has 1 saturated heterocycles. The molecule has 0 aromatic carbocycles. The summed E-state index contributed by atoms with van der Waals surface area (Å²) in [6.07, 6.45) is 4.62. The third-order valence-electron chi connectivity index (χ3n) is 4.35. The minimum Gasteiger partial charge on any atom is -0.391 e. The van der Waals surface area contributed by atoms with Gasteiger partial charge in [-0.15, -0.1) is 11.3 Å². The number of nitrogens with zero attached hydrogens (tertiary/aromatic N) is 3. The maximum atomic E-state index is 12.3. The number of aliphatic hydroxyl groups is 1. The van der Waals surface area contributed by atoms with Crippen LogP contribution >= 0.6 is 11.3 Å². The number of carbonyl (C=O) groups is 1. The minimum atomic E-state index is -0.179. The fourth-order valence-electron chi connectivity index (χ4n) is 3.22. The molecule has 5 nitrogen and oxygen atoms in total. The van der Waals surface area contributed by atoms with Crippen molar-refractivity contribution in [3.63, 3.8) is 0 Å². The van der Waals surface area contributed by atoms with Gasteiger partial charge in [-0.05, 0) is 26.2 Å². The second-order valence-electron chi connectivity index (χ2n) is 5.64. The Morgan fingerprint density at radius 2 is 2.10 bits per heavy atom. The lowest BCUT2D eigenvalue weighted by molar-refractivity contribution is 0.0317. The second kappa shape index (κ2) is 5.79. The number of aromatic nitrogens is 1. The molecule has 0 radical (unpaired) electrons. The first kappa shape index (κ1) is 14.0. The minimum absolute atomic E-state index is 0.0993. The molecular formula is C14H21N3O2S. The summed E-state index contributed by atoms with van der Waals surface area (Å²) in [5.41, 5.74) is 0. The number of thiazole rings is 1. The van der Waals surface area contributed by atoms with Gasteiger partial charge in [0.05, 0.1) is 17.3 Å². The van der Waals surface area contributed by atoms with Crippen LogP contribution in [-0.2, 0) is 0 Å². The van der Waals surface area contributed by atoms with Crippen LogP contribution < -0.4 is 0 Å². The first-order valence-electron chi connectivity index (χ1n) is 7.29. The van der Waals surface area contributed by atoms with Gasteiger partial charge in [0.1, 0.15) is 4.88 Å². The quantitative estimate of drug-likeness (QED) is 0.888. The van der Waals surface area contributed by atoms with Crippen LogP contribution in [0.2, 0.25) is 0 Å². The SMILES string of the molecule is Cc1ncc(C(=O)N2CCN([C@@H]3CCC[C@H]3O)CC2)s1. The fourth-order valence-corrected chi connectivity index (χ4v) is 3.97. The first-order chi connectivity index (χ1) is 9.65. The molecule has 0 unspecified atom stereocenters. The summed E-state index contributed by atoms with van der Waals surface area (Å²) in [5, 5.41) is 10.9. The summed E-state index contributed by atoms with van der Waals surface area (Å²) in [4.78, 5) is 21.5. The zero-order valence-corrected chi connectivity index (χ0v) is 12.6. The number of aryl methyl sites for hydroxylation is 1. The largest absolute Gasteiger partial charge is 0.391 e. The van der Waals surface area contributed by atoms with E-state index >= 15 is 0 Å². The normalized spacial score (nSPS) is 28.0. The molecule has 0 spiro atoms. The lowest BCUT2D eigenvalue weighted by Gasteiger charge is -2.38. The molecule has 3 rings (SSSR count). The summed E-state index contributed by atoms with van der Waals surface area (Å²) in [6.45, 7) is 5.15. The molecule has 1 N–H and O–H groups in total. The van der Waals surface area contributed by atoms with Gasteiger partial charge < -0.3 is 10.0 Å². The Kier molecular flexibility index (Phi) is 4.05. The van der Waals surface area contributed by atoms with Crippen molar-refractivity contribution in [3.05, 3.63) is 16.1 Å². The zero-order valence-electron chi connectivity index (χ0n) is 11.8. The van der Waals surface area contributed by atoms with Crippen LogP contribution in [0.1, 0.15) is 33.9 Å². The lowest BCUT2D eigenvalue weighted by atomic mass is 10.1. The van der Waals surface area contributed by atoms with Crippen molar-refractivity contribution >= 4 is 17.2 Å². The second-order valence-corrected chi connectivity index (χ2v) is 6.87. The van der Waals surface area contributed by atoms with Gasteiger partial charge in [0, 0.05) is 32.2 Å². The third kappa shape index (κ3) is 2.73. The Hall–Kier alpha value is -0.980. The molecule has 20 heavy (non-hydrogen) atoms. The molecule has 2 fully saturated rings. The van der Waals surface area contributed by atoms with Gasteiger partial charge >= 0.3 is 0 Å². The standard InChI is InChI=1S/C14H21N3O2S/c1-10-15-9-13(20-10)14(19)17-7-5-16(6-8-17)11-3-2-4-12(11)18/h9,11-12,18H,2-8H2,1H3/t11-,12-/m1/s1. The van der Waals surface area contributed by atoms with Crippen LogP contribution in [0.4, 0.5) is 0 Å². The van der Waals surface area contributed by atoms with Crippen molar-refractivity contribution < 1.29 is 9.90 Å². The highest BCUT2D eigenvalue weighted by Gasteiger charge is 2.33. The number of hydrogen-bond acceptors (Lipinski definition) is 5. The predicted octanol–water partition coefficient (Wildman–Crippen LogP) is 1.12. The number of aliphatic hydroxyl groups excluding tert-OH is 1. The van der Waals surface area contributed by atoms with Gasteiger partial charge in [-0.2, -0.15) is 0 Å². The van der Waals surface area contributed by atoms with Crippen LogP contribution in [0.3, 0.4) is 0 Å². The zero-order chi connectivity index (χ0) is 14.1. The molecule has 6 heteroatoms. The third-order valence-corrected chi connectivity index (χ3v) is 5.25. The van der Waals surface area contributed by atoms with Crippen molar-refractivity contribution in [2.75, 3.05) is 26.2 Å². The van der Waals surface area contributed by atoms with Gasteiger partial charge in [-0.25, -0.2) is 4.98 Å². The highest BCUT2D eigenvalue weighted by atomic mass is 32.1. The van der Waals surface area contributed by atoms with Gasteiger partial charge in [-0.1, -0.05) is 0 Å². The van der Waals surface area contributed by atoms with Crippen molar-refractivity contribution in [1.82, 2.24) is 14.8 Å². The predicted molar refractivity (Wildman–Crippen MR) is 78.0 cm³/mol. The lowest BCUT2D eigenvalue weighted by Crippen LogP contribution is -2.53. The van der Waals surface area contributed by atoms with E-state index < -0.39 is 0 Å². The number of piperazine rings is 1. The van der Waals surface area contributed by atoms with Gasteiger partial charge in [0.15, 0.2) is 0 Å². The Labute approximate surface area is 123 Å². The summed E-state index contributed by atoms with van der Waals surface area (Å²) in [7, 11) is 0. The molecule has 2 aliphatic rings. The smallest absolute Gasteiger partial charge is 0.265 e. The average molecular weight is 295 g/mol. The molecule has 1 aromatic heterocycles. The molecule has 1 aromatic rings. The van der Waals surface area contributed by atoms with Crippen molar-refractivity contribution in [2.45, 2.75) is 38.3 Å². The molecule has 0 bridgehead atoms. The number of hydrogen-bond donors (Lipinski definition) is 1. The fraction of sp³-hybridized carbons (Fsp3) is 0.714. The average Bonchev–Trinajstić information content (AvgIpc) is 3.07.